The summed E-state index contributed by atoms with van der Waals surface area (Å²) in [6.45, 7) is 8.66. The smallest absolute Gasteiger partial charge is 0.236 e. The van der Waals surface area contributed by atoms with Crippen molar-refractivity contribution in [2.24, 2.45) is 0 Å². The Hall–Kier alpha value is -3.02. The number of hydrogen-bond donors (Lipinski definition) is 0. The van der Waals surface area contributed by atoms with E-state index in [1.807, 2.05) is 36.2 Å². The van der Waals surface area contributed by atoms with Gasteiger partial charge in [0.1, 0.15) is 0 Å². The van der Waals surface area contributed by atoms with Gasteiger partial charge >= 0.3 is 0 Å². The molecule has 0 unspecified atom stereocenters. The maximum absolute atomic E-state index is 12.8. The number of carbonyl (C=O) groups is 1. The standard InChI is InChI=1S/C26H35N7O/c1-3-31(25-12-11-24(28-29-25)22-9-7-21(19-27)8-10-22)14-13-30(2)20-26(34)33-17-15-32(16-18-33)23-5-4-6-23/h7-12,23H,3-6,13-18,20H2,1-2H3. The van der Waals surface area contributed by atoms with Gasteiger partial charge in [-0.05, 0) is 51.1 Å². The monoisotopic (exact) mass is 461 g/mol. The number of piperazine rings is 1. The van der Waals surface area contributed by atoms with Gasteiger partial charge in [0, 0.05) is 57.4 Å². The summed E-state index contributed by atoms with van der Waals surface area (Å²) >= 11 is 0. The van der Waals surface area contributed by atoms with Gasteiger partial charge in [0.15, 0.2) is 5.82 Å². The van der Waals surface area contributed by atoms with Crippen molar-refractivity contribution in [2.75, 3.05) is 64.3 Å². The van der Waals surface area contributed by atoms with Crippen LogP contribution in [0.2, 0.25) is 0 Å². The van der Waals surface area contributed by atoms with Crippen molar-refractivity contribution in [1.29, 1.82) is 5.26 Å². The Bertz CT molecular complexity index is 974. The lowest BCUT2D eigenvalue weighted by Gasteiger charge is -2.43. The molecular formula is C26H35N7O. The van der Waals surface area contributed by atoms with Crippen LogP contribution in [0.15, 0.2) is 36.4 Å². The van der Waals surface area contributed by atoms with Gasteiger partial charge in [0.25, 0.3) is 0 Å². The van der Waals surface area contributed by atoms with Crippen LogP contribution in [-0.2, 0) is 4.79 Å². The molecule has 8 heteroatoms. The van der Waals surface area contributed by atoms with Gasteiger partial charge < -0.3 is 9.80 Å². The third-order valence-electron chi connectivity index (χ3n) is 7.08. The average molecular weight is 462 g/mol. The lowest BCUT2D eigenvalue weighted by molar-refractivity contribution is -0.134. The first-order valence-corrected chi connectivity index (χ1v) is 12.4. The van der Waals surface area contributed by atoms with Gasteiger partial charge in [-0.2, -0.15) is 5.26 Å². The number of nitrogens with zero attached hydrogens (tertiary/aromatic N) is 7. The van der Waals surface area contributed by atoms with Gasteiger partial charge in [-0.25, -0.2) is 0 Å². The van der Waals surface area contributed by atoms with E-state index in [4.69, 9.17) is 5.26 Å². The molecule has 8 nitrogen and oxygen atoms in total. The van der Waals surface area contributed by atoms with E-state index in [1.165, 1.54) is 19.3 Å². The highest BCUT2D eigenvalue weighted by Crippen LogP contribution is 2.25. The van der Waals surface area contributed by atoms with Crippen molar-refractivity contribution in [1.82, 2.24) is 24.9 Å². The quantitative estimate of drug-likeness (QED) is 0.568. The molecule has 0 spiro atoms. The predicted octanol–water partition coefficient (Wildman–Crippen LogP) is 2.47. The highest BCUT2D eigenvalue weighted by atomic mass is 16.2. The van der Waals surface area contributed by atoms with Crippen LogP contribution >= 0.6 is 0 Å². The van der Waals surface area contributed by atoms with Crippen LogP contribution in [0.4, 0.5) is 5.82 Å². The summed E-state index contributed by atoms with van der Waals surface area (Å²) in [6, 6.07) is 14.2. The molecule has 2 aliphatic rings. The Labute approximate surface area is 202 Å². The molecule has 1 saturated heterocycles. The lowest BCUT2D eigenvalue weighted by Crippen LogP contribution is -2.55. The Balaban J connectivity index is 1.24. The maximum Gasteiger partial charge on any atom is 0.236 e. The van der Waals surface area contributed by atoms with E-state index in [-0.39, 0.29) is 5.91 Å². The molecule has 2 aromatic rings. The SMILES string of the molecule is CCN(CCN(C)CC(=O)N1CCN(C2CCC2)CC1)c1ccc(-c2ccc(C#N)cc2)nn1. The van der Waals surface area contributed by atoms with E-state index in [0.717, 1.165) is 68.9 Å². The lowest BCUT2D eigenvalue weighted by atomic mass is 9.91. The zero-order valence-corrected chi connectivity index (χ0v) is 20.4. The van der Waals surface area contributed by atoms with Crippen molar-refractivity contribution in [3.8, 4) is 17.3 Å². The van der Waals surface area contributed by atoms with Crippen molar-refractivity contribution in [3.63, 3.8) is 0 Å². The topological polar surface area (TPSA) is 79.6 Å². The Morgan fingerprint density at radius 2 is 1.79 bits per heavy atom. The third-order valence-corrected chi connectivity index (χ3v) is 7.08. The summed E-state index contributed by atoms with van der Waals surface area (Å²) in [7, 11) is 2.01. The van der Waals surface area contributed by atoms with E-state index in [1.54, 1.807) is 12.1 Å². The first-order chi connectivity index (χ1) is 16.6. The Morgan fingerprint density at radius 3 is 2.35 bits per heavy atom. The van der Waals surface area contributed by atoms with E-state index in [2.05, 4.69) is 37.9 Å². The number of likely N-dealkylation sites (N-methyl/N-ethyl adjacent to an activating group) is 2. The fraction of sp³-hybridized carbons (Fsp3) is 0.538. The van der Waals surface area contributed by atoms with Crippen LogP contribution in [0.5, 0.6) is 0 Å². The number of nitriles is 1. The van der Waals surface area contributed by atoms with E-state index in [0.29, 0.717) is 12.1 Å². The molecule has 1 aromatic carbocycles. The summed E-state index contributed by atoms with van der Waals surface area (Å²) in [4.78, 5) is 21.6. The van der Waals surface area contributed by atoms with E-state index >= 15 is 0 Å². The van der Waals surface area contributed by atoms with Crippen LogP contribution in [0.25, 0.3) is 11.3 Å². The molecule has 2 fully saturated rings. The average Bonchev–Trinajstić information content (AvgIpc) is 2.84. The summed E-state index contributed by atoms with van der Waals surface area (Å²) in [5, 5.41) is 17.8. The van der Waals surface area contributed by atoms with E-state index in [9.17, 15) is 4.79 Å². The van der Waals surface area contributed by atoms with Crippen LogP contribution in [0, 0.1) is 11.3 Å². The molecule has 0 atom stereocenters. The third kappa shape index (κ3) is 5.91. The van der Waals surface area contributed by atoms with Crippen LogP contribution in [-0.4, -0.2) is 96.3 Å². The van der Waals surface area contributed by atoms with Gasteiger partial charge in [0.2, 0.25) is 5.91 Å². The molecule has 180 valence electrons. The number of carbonyl (C=O) groups excluding carboxylic acids is 1. The number of benzene rings is 1. The number of rotatable bonds is 9. The van der Waals surface area contributed by atoms with Crippen molar-refractivity contribution in [3.05, 3.63) is 42.0 Å². The number of amides is 1. The minimum Gasteiger partial charge on any atom is -0.354 e. The minimum absolute atomic E-state index is 0.227. The second kappa shape index (κ2) is 11.4. The highest BCUT2D eigenvalue weighted by molar-refractivity contribution is 5.78. The Kier molecular flexibility index (Phi) is 8.09. The molecule has 1 amide bonds. The summed E-state index contributed by atoms with van der Waals surface area (Å²) in [6.07, 6.45) is 4.01. The fourth-order valence-electron chi connectivity index (χ4n) is 4.59. The number of hydrogen-bond acceptors (Lipinski definition) is 7. The molecule has 1 aliphatic heterocycles. The second-order valence-electron chi connectivity index (χ2n) is 9.28. The summed E-state index contributed by atoms with van der Waals surface area (Å²) in [5.41, 5.74) is 2.35. The first-order valence-electron chi connectivity index (χ1n) is 12.4. The summed E-state index contributed by atoms with van der Waals surface area (Å²) < 4.78 is 0. The maximum atomic E-state index is 12.8. The molecule has 0 radical (unpaired) electrons. The highest BCUT2D eigenvalue weighted by Gasteiger charge is 2.29. The van der Waals surface area contributed by atoms with Gasteiger partial charge in [-0.3, -0.25) is 14.6 Å². The fourth-order valence-corrected chi connectivity index (χ4v) is 4.59. The molecule has 1 saturated carbocycles. The summed E-state index contributed by atoms with van der Waals surface area (Å²) in [5.74, 6) is 1.05. The zero-order valence-electron chi connectivity index (χ0n) is 20.4. The Morgan fingerprint density at radius 1 is 1.06 bits per heavy atom. The van der Waals surface area contributed by atoms with Crippen molar-refractivity contribution >= 4 is 11.7 Å². The first kappa shape index (κ1) is 24.1. The van der Waals surface area contributed by atoms with Gasteiger partial charge in [-0.15, -0.1) is 10.2 Å². The molecule has 1 aliphatic carbocycles. The molecule has 2 heterocycles. The van der Waals surface area contributed by atoms with Gasteiger partial charge in [-0.1, -0.05) is 18.6 Å². The largest absolute Gasteiger partial charge is 0.354 e. The minimum atomic E-state index is 0.227. The predicted molar refractivity (Wildman–Crippen MR) is 133 cm³/mol. The van der Waals surface area contributed by atoms with Crippen LogP contribution < -0.4 is 4.90 Å². The molecule has 34 heavy (non-hydrogen) atoms. The van der Waals surface area contributed by atoms with Crippen LogP contribution in [0.1, 0.15) is 31.7 Å². The van der Waals surface area contributed by atoms with Crippen LogP contribution in [0.3, 0.4) is 0 Å². The molecule has 4 rings (SSSR count). The number of anilines is 1. The van der Waals surface area contributed by atoms with Crippen molar-refractivity contribution < 1.29 is 4.79 Å². The normalized spacial score (nSPS) is 16.8. The zero-order chi connectivity index (χ0) is 23.9. The molecule has 1 aromatic heterocycles. The van der Waals surface area contributed by atoms with Crippen molar-refractivity contribution in [2.45, 2.75) is 32.2 Å². The number of aromatic nitrogens is 2. The molecular weight excluding hydrogens is 426 g/mol. The molecule has 0 bridgehead atoms. The van der Waals surface area contributed by atoms with Gasteiger partial charge in [0.05, 0.1) is 23.9 Å². The second-order valence-corrected chi connectivity index (χ2v) is 9.28. The molecule has 0 N–H and O–H groups in total. The van der Waals surface area contributed by atoms with E-state index < -0.39 is 0 Å².